The van der Waals surface area contributed by atoms with Gasteiger partial charge < -0.3 is 14.5 Å². The Morgan fingerprint density at radius 3 is 3.04 bits per heavy atom. The van der Waals surface area contributed by atoms with Crippen molar-refractivity contribution in [3.63, 3.8) is 0 Å². The number of rotatable bonds is 4. The molecular weight excluding hydrogens is 318 g/mol. The summed E-state index contributed by atoms with van der Waals surface area (Å²) in [6.07, 6.45) is 2.84. The van der Waals surface area contributed by atoms with Crippen LogP contribution >= 0.6 is 0 Å². The lowest BCUT2D eigenvalue weighted by atomic mass is 10.1. The summed E-state index contributed by atoms with van der Waals surface area (Å²) in [5.74, 6) is 0. The van der Waals surface area contributed by atoms with E-state index in [2.05, 4.69) is 9.97 Å². The van der Waals surface area contributed by atoms with Crippen LogP contribution in [0.2, 0.25) is 0 Å². The second-order valence-corrected chi connectivity index (χ2v) is 8.21. The van der Waals surface area contributed by atoms with Crippen LogP contribution in [-0.4, -0.2) is 61.2 Å². The van der Waals surface area contributed by atoms with E-state index in [-0.39, 0.29) is 17.5 Å². The minimum atomic E-state index is -3.64. The summed E-state index contributed by atoms with van der Waals surface area (Å²) < 4.78 is 38.7. The predicted octanol–water partition coefficient (Wildman–Crippen LogP) is 1.38. The number of H-pyrrole nitrogens is 1. The van der Waals surface area contributed by atoms with Gasteiger partial charge in [0.25, 0.3) is 0 Å². The van der Waals surface area contributed by atoms with E-state index in [0.29, 0.717) is 24.2 Å². The summed E-state index contributed by atoms with van der Waals surface area (Å²) in [5.41, 5.74) is -0.00849. The lowest BCUT2D eigenvalue weighted by molar-refractivity contribution is -0.135. The van der Waals surface area contributed by atoms with Gasteiger partial charge >= 0.3 is 0 Å². The van der Waals surface area contributed by atoms with Crippen molar-refractivity contribution in [3.8, 4) is 0 Å². The Labute approximate surface area is 135 Å². The molecule has 1 aliphatic rings. The first-order chi connectivity index (χ1) is 10.8. The van der Waals surface area contributed by atoms with E-state index in [4.69, 9.17) is 9.47 Å². The summed E-state index contributed by atoms with van der Waals surface area (Å²) in [5, 5.41) is 0.597. The summed E-state index contributed by atoms with van der Waals surface area (Å²) in [7, 11) is -2.06. The van der Waals surface area contributed by atoms with Crippen molar-refractivity contribution in [2.24, 2.45) is 0 Å². The van der Waals surface area contributed by atoms with Crippen molar-refractivity contribution in [1.82, 2.24) is 14.3 Å². The van der Waals surface area contributed by atoms with Crippen LogP contribution in [0.15, 0.2) is 29.4 Å². The van der Waals surface area contributed by atoms with E-state index in [1.165, 1.54) is 10.5 Å². The fourth-order valence-electron chi connectivity index (χ4n) is 2.98. The third-order valence-corrected chi connectivity index (χ3v) is 5.69. The Balaban J connectivity index is 1.98. The normalized spacial score (nSPS) is 22.5. The molecule has 1 atom stereocenters. The zero-order chi connectivity index (χ0) is 16.7. The highest BCUT2D eigenvalue weighted by Crippen LogP contribution is 2.29. The quantitative estimate of drug-likeness (QED) is 0.910. The molecule has 3 heterocycles. The molecule has 3 rings (SSSR count). The smallest absolute Gasteiger partial charge is 0.245 e. The summed E-state index contributed by atoms with van der Waals surface area (Å²) >= 11 is 0. The van der Waals surface area contributed by atoms with Gasteiger partial charge in [-0.2, -0.15) is 4.31 Å². The van der Waals surface area contributed by atoms with Crippen LogP contribution in [-0.2, 0) is 19.5 Å². The summed E-state index contributed by atoms with van der Waals surface area (Å²) in [4.78, 5) is 7.31. The van der Waals surface area contributed by atoms with E-state index >= 15 is 0 Å². The van der Waals surface area contributed by atoms with Gasteiger partial charge in [0.2, 0.25) is 10.0 Å². The molecule has 1 fully saturated rings. The van der Waals surface area contributed by atoms with Crippen LogP contribution < -0.4 is 0 Å². The number of sulfonamides is 1. The largest absolute Gasteiger partial charge is 0.382 e. The molecule has 1 N–H and O–H groups in total. The lowest BCUT2D eigenvalue weighted by Crippen LogP contribution is -2.55. The number of ether oxygens (including phenoxy) is 2. The molecule has 0 saturated carbocycles. The highest BCUT2D eigenvalue weighted by molar-refractivity contribution is 7.89. The monoisotopic (exact) mass is 339 g/mol. The van der Waals surface area contributed by atoms with Crippen molar-refractivity contribution in [1.29, 1.82) is 0 Å². The van der Waals surface area contributed by atoms with Crippen LogP contribution in [0.5, 0.6) is 0 Å². The number of nitrogens with zero attached hydrogens (tertiary/aromatic N) is 2. The number of morpholine rings is 1. The van der Waals surface area contributed by atoms with Crippen LogP contribution in [0, 0.1) is 0 Å². The molecule has 1 aliphatic heterocycles. The molecule has 0 aliphatic carbocycles. The number of aromatic amines is 1. The van der Waals surface area contributed by atoms with Gasteiger partial charge in [0, 0.05) is 38.0 Å². The Morgan fingerprint density at radius 1 is 1.52 bits per heavy atom. The van der Waals surface area contributed by atoms with E-state index in [1.54, 1.807) is 25.4 Å². The van der Waals surface area contributed by atoms with Crippen LogP contribution in [0.1, 0.15) is 13.8 Å². The summed E-state index contributed by atoms with van der Waals surface area (Å²) in [6.45, 7) is 4.68. The number of hydrogen-bond donors (Lipinski definition) is 1. The van der Waals surface area contributed by atoms with Crippen molar-refractivity contribution in [3.05, 3.63) is 24.5 Å². The highest BCUT2D eigenvalue weighted by Gasteiger charge is 2.40. The Bertz CT molecular complexity index is 800. The fraction of sp³-hybridized carbons (Fsp3) is 0.533. The fourth-order valence-corrected chi connectivity index (χ4v) is 4.75. The molecule has 7 nitrogen and oxygen atoms in total. The van der Waals surface area contributed by atoms with E-state index < -0.39 is 15.6 Å². The number of methoxy groups -OCH3 is 1. The average Bonchev–Trinajstić information content (AvgIpc) is 2.90. The van der Waals surface area contributed by atoms with Gasteiger partial charge in [-0.25, -0.2) is 13.4 Å². The molecule has 126 valence electrons. The first kappa shape index (κ1) is 16.4. The summed E-state index contributed by atoms with van der Waals surface area (Å²) in [6, 6.07) is 3.48. The average molecular weight is 339 g/mol. The van der Waals surface area contributed by atoms with Crippen molar-refractivity contribution in [2.75, 3.05) is 26.8 Å². The predicted molar refractivity (Wildman–Crippen MR) is 85.7 cm³/mol. The topological polar surface area (TPSA) is 84.5 Å². The molecule has 0 spiro atoms. The van der Waals surface area contributed by atoms with Gasteiger partial charge in [-0.1, -0.05) is 0 Å². The van der Waals surface area contributed by atoms with Gasteiger partial charge in [-0.3, -0.25) is 0 Å². The van der Waals surface area contributed by atoms with Crippen LogP contribution in [0.4, 0.5) is 0 Å². The first-order valence-corrected chi connectivity index (χ1v) is 8.86. The van der Waals surface area contributed by atoms with Crippen molar-refractivity contribution in [2.45, 2.75) is 30.4 Å². The van der Waals surface area contributed by atoms with Gasteiger partial charge in [-0.05, 0) is 26.0 Å². The second kappa shape index (κ2) is 5.86. The zero-order valence-corrected chi connectivity index (χ0v) is 14.3. The van der Waals surface area contributed by atoms with Crippen LogP contribution in [0.3, 0.4) is 0 Å². The molecule has 0 bridgehead atoms. The molecule has 23 heavy (non-hydrogen) atoms. The number of aromatic nitrogens is 2. The Hall–Kier alpha value is -1.48. The Morgan fingerprint density at radius 2 is 2.30 bits per heavy atom. The molecule has 0 aromatic carbocycles. The zero-order valence-electron chi connectivity index (χ0n) is 13.4. The van der Waals surface area contributed by atoms with E-state index in [0.717, 1.165) is 0 Å². The number of pyridine rings is 1. The highest BCUT2D eigenvalue weighted by atomic mass is 32.2. The second-order valence-electron chi connectivity index (χ2n) is 6.30. The van der Waals surface area contributed by atoms with Crippen LogP contribution in [0.25, 0.3) is 11.0 Å². The molecular formula is C15H21N3O4S. The van der Waals surface area contributed by atoms with Crippen molar-refractivity contribution < 1.29 is 17.9 Å². The number of fused-ring (bicyclic) bond motifs is 1. The SMILES string of the molecule is COC[C@H]1CN(S(=O)(=O)c2c[nH]c3ncccc23)CC(C)(C)O1. The molecule has 0 unspecified atom stereocenters. The molecule has 0 radical (unpaired) electrons. The van der Waals surface area contributed by atoms with Gasteiger partial charge in [0.1, 0.15) is 10.5 Å². The van der Waals surface area contributed by atoms with Gasteiger partial charge in [0.15, 0.2) is 0 Å². The molecule has 8 heteroatoms. The van der Waals surface area contributed by atoms with E-state index in [1.807, 2.05) is 13.8 Å². The molecule has 1 saturated heterocycles. The third kappa shape index (κ3) is 3.12. The molecule has 0 amide bonds. The van der Waals surface area contributed by atoms with Crippen molar-refractivity contribution >= 4 is 21.1 Å². The minimum Gasteiger partial charge on any atom is -0.382 e. The van der Waals surface area contributed by atoms with Gasteiger partial charge in [-0.15, -0.1) is 0 Å². The standard InChI is InChI=1S/C15H21N3O4S/c1-15(2)10-18(8-11(22-15)9-21-3)23(19,20)13-7-17-14-12(13)5-4-6-16-14/h4-7,11H,8-10H2,1-3H3,(H,16,17)/t11-/m1/s1. The molecule has 2 aromatic rings. The minimum absolute atomic E-state index is 0.245. The maximum absolute atomic E-state index is 13.1. The van der Waals surface area contributed by atoms with E-state index in [9.17, 15) is 8.42 Å². The third-order valence-electron chi connectivity index (χ3n) is 3.83. The van der Waals surface area contributed by atoms with Gasteiger partial charge in [0.05, 0.1) is 18.3 Å². The number of nitrogens with one attached hydrogen (secondary N) is 1. The molecule has 2 aromatic heterocycles. The lowest BCUT2D eigenvalue weighted by Gasteiger charge is -2.41. The maximum Gasteiger partial charge on any atom is 0.245 e. The maximum atomic E-state index is 13.1. The number of hydrogen-bond acceptors (Lipinski definition) is 5. The first-order valence-electron chi connectivity index (χ1n) is 7.42. The Kier molecular flexibility index (Phi) is 4.18.